The molecule has 0 fully saturated rings. The molecule has 3 aromatic rings. The van der Waals surface area contributed by atoms with E-state index in [1.54, 1.807) is 40.5 Å². The molecule has 0 aliphatic carbocycles. The fourth-order valence-corrected chi connectivity index (χ4v) is 2.97. The minimum atomic E-state index is -0.266. The van der Waals surface area contributed by atoms with Crippen LogP contribution in [0.5, 0.6) is 5.75 Å². The summed E-state index contributed by atoms with van der Waals surface area (Å²) in [4.78, 5) is 11.8. The average Bonchev–Trinajstić information content (AvgIpc) is 3.27. The van der Waals surface area contributed by atoms with E-state index in [4.69, 9.17) is 4.74 Å². The lowest BCUT2D eigenvalue weighted by Gasteiger charge is -2.05. The Morgan fingerprint density at radius 1 is 1.24 bits per heavy atom. The SMILES string of the molecule is O=C(COc1cnn(Cc2ccc(F)cc2)c1)NCCc1ccsc1. The molecular weight excluding hydrogens is 341 g/mol. The molecule has 0 bridgehead atoms. The maximum Gasteiger partial charge on any atom is 0.257 e. The second-order valence-electron chi connectivity index (χ2n) is 5.52. The normalized spacial score (nSPS) is 10.6. The van der Waals surface area contributed by atoms with E-state index in [9.17, 15) is 9.18 Å². The zero-order valence-electron chi connectivity index (χ0n) is 13.5. The number of nitrogens with one attached hydrogen (secondary N) is 1. The van der Waals surface area contributed by atoms with Gasteiger partial charge < -0.3 is 10.1 Å². The molecular formula is C18H18FN3O2S. The van der Waals surface area contributed by atoms with E-state index >= 15 is 0 Å². The van der Waals surface area contributed by atoms with Gasteiger partial charge in [-0.1, -0.05) is 12.1 Å². The number of benzene rings is 1. The number of halogens is 1. The Bertz CT molecular complexity index is 800. The van der Waals surface area contributed by atoms with Gasteiger partial charge in [0.25, 0.3) is 5.91 Å². The lowest BCUT2D eigenvalue weighted by molar-refractivity contribution is -0.123. The van der Waals surface area contributed by atoms with Crippen LogP contribution < -0.4 is 10.1 Å². The molecule has 1 aromatic carbocycles. The van der Waals surface area contributed by atoms with Crippen molar-refractivity contribution in [3.8, 4) is 5.75 Å². The molecule has 0 radical (unpaired) electrons. The predicted molar refractivity (Wildman–Crippen MR) is 94.3 cm³/mol. The van der Waals surface area contributed by atoms with Gasteiger partial charge in [-0.2, -0.15) is 16.4 Å². The number of carbonyl (C=O) groups excluding carboxylic acids is 1. The average molecular weight is 359 g/mol. The Morgan fingerprint density at radius 3 is 2.84 bits per heavy atom. The van der Waals surface area contributed by atoms with Crippen LogP contribution in [-0.4, -0.2) is 28.8 Å². The third-order valence-corrected chi connectivity index (χ3v) is 4.29. The summed E-state index contributed by atoms with van der Waals surface area (Å²) in [5, 5.41) is 11.1. The van der Waals surface area contributed by atoms with E-state index < -0.39 is 0 Å². The van der Waals surface area contributed by atoms with Crippen molar-refractivity contribution in [1.29, 1.82) is 0 Å². The van der Waals surface area contributed by atoms with Crippen molar-refractivity contribution in [3.63, 3.8) is 0 Å². The molecule has 7 heteroatoms. The molecule has 0 unspecified atom stereocenters. The fraction of sp³-hybridized carbons (Fsp3) is 0.222. The number of amides is 1. The molecule has 1 N–H and O–H groups in total. The van der Waals surface area contributed by atoms with E-state index in [1.165, 1.54) is 17.7 Å². The number of rotatable bonds is 8. The highest BCUT2D eigenvalue weighted by molar-refractivity contribution is 7.07. The fourth-order valence-electron chi connectivity index (χ4n) is 2.26. The number of hydrogen-bond acceptors (Lipinski definition) is 4. The van der Waals surface area contributed by atoms with Crippen molar-refractivity contribution >= 4 is 17.2 Å². The van der Waals surface area contributed by atoms with Gasteiger partial charge in [-0.25, -0.2) is 4.39 Å². The van der Waals surface area contributed by atoms with Gasteiger partial charge in [0, 0.05) is 6.54 Å². The molecule has 0 atom stereocenters. The number of hydrogen-bond donors (Lipinski definition) is 1. The molecule has 1 amide bonds. The maximum absolute atomic E-state index is 12.9. The number of thiophene rings is 1. The van der Waals surface area contributed by atoms with Crippen LogP contribution in [0, 0.1) is 5.82 Å². The highest BCUT2D eigenvalue weighted by Gasteiger charge is 2.05. The zero-order valence-corrected chi connectivity index (χ0v) is 14.3. The van der Waals surface area contributed by atoms with Gasteiger partial charge in [0.2, 0.25) is 0 Å². The number of aromatic nitrogens is 2. The minimum Gasteiger partial charge on any atom is -0.480 e. The molecule has 2 aromatic heterocycles. The van der Waals surface area contributed by atoms with Crippen LogP contribution >= 0.6 is 11.3 Å². The molecule has 5 nitrogen and oxygen atoms in total. The minimum absolute atomic E-state index is 0.0497. The first kappa shape index (κ1) is 17.2. The molecule has 0 spiro atoms. The summed E-state index contributed by atoms with van der Waals surface area (Å²) < 4.78 is 20.0. The molecule has 0 saturated carbocycles. The highest BCUT2D eigenvalue weighted by atomic mass is 32.1. The van der Waals surface area contributed by atoms with Gasteiger partial charge in [0.15, 0.2) is 12.4 Å². The zero-order chi connectivity index (χ0) is 17.5. The molecule has 2 heterocycles. The lowest BCUT2D eigenvalue weighted by atomic mass is 10.2. The number of ether oxygens (including phenoxy) is 1. The molecule has 3 rings (SSSR count). The molecule has 0 aliphatic heterocycles. The Hall–Kier alpha value is -2.67. The van der Waals surface area contributed by atoms with Gasteiger partial charge in [-0.15, -0.1) is 0 Å². The van der Waals surface area contributed by atoms with Crippen LogP contribution in [0.25, 0.3) is 0 Å². The third kappa shape index (κ3) is 5.42. The van der Waals surface area contributed by atoms with Gasteiger partial charge >= 0.3 is 0 Å². The summed E-state index contributed by atoms with van der Waals surface area (Å²) >= 11 is 1.64. The smallest absolute Gasteiger partial charge is 0.257 e. The van der Waals surface area contributed by atoms with E-state index in [0.717, 1.165) is 12.0 Å². The van der Waals surface area contributed by atoms with Crippen LogP contribution in [0.4, 0.5) is 4.39 Å². The van der Waals surface area contributed by atoms with E-state index in [1.807, 2.05) is 11.4 Å². The van der Waals surface area contributed by atoms with Gasteiger partial charge in [-0.3, -0.25) is 9.48 Å². The molecule has 25 heavy (non-hydrogen) atoms. The lowest BCUT2D eigenvalue weighted by Crippen LogP contribution is -2.30. The molecule has 0 saturated heterocycles. The first-order chi connectivity index (χ1) is 12.2. The summed E-state index contributed by atoms with van der Waals surface area (Å²) in [6.07, 6.45) is 4.08. The van der Waals surface area contributed by atoms with Crippen molar-refractivity contribution in [3.05, 3.63) is 70.4 Å². The predicted octanol–water partition coefficient (Wildman–Crippen LogP) is 2.87. The second-order valence-corrected chi connectivity index (χ2v) is 6.30. The quantitative estimate of drug-likeness (QED) is 0.673. The standard InChI is InChI=1S/C18H18FN3O2S/c19-16-3-1-14(2-4-16)10-22-11-17(9-21-22)24-12-18(23)20-7-5-15-6-8-25-13-15/h1-4,6,8-9,11,13H,5,7,10,12H2,(H,20,23). The van der Waals surface area contributed by atoms with Crippen molar-refractivity contribution < 1.29 is 13.9 Å². The highest BCUT2D eigenvalue weighted by Crippen LogP contribution is 2.11. The van der Waals surface area contributed by atoms with E-state index in [-0.39, 0.29) is 18.3 Å². The summed E-state index contributed by atoms with van der Waals surface area (Å²) in [6, 6.07) is 8.28. The van der Waals surface area contributed by atoms with Crippen molar-refractivity contribution in [1.82, 2.24) is 15.1 Å². The van der Waals surface area contributed by atoms with Gasteiger partial charge in [0.1, 0.15) is 5.82 Å². The first-order valence-corrected chi connectivity index (χ1v) is 8.81. The van der Waals surface area contributed by atoms with Crippen LogP contribution in [0.2, 0.25) is 0 Å². The summed E-state index contributed by atoms with van der Waals surface area (Å²) in [5.41, 5.74) is 2.15. The van der Waals surface area contributed by atoms with E-state index in [0.29, 0.717) is 18.8 Å². The third-order valence-electron chi connectivity index (χ3n) is 3.55. The van der Waals surface area contributed by atoms with Crippen LogP contribution in [0.3, 0.4) is 0 Å². The molecule has 0 aliphatic rings. The summed E-state index contributed by atoms with van der Waals surface area (Å²) in [7, 11) is 0. The van der Waals surface area contributed by atoms with Crippen LogP contribution in [0.1, 0.15) is 11.1 Å². The van der Waals surface area contributed by atoms with Gasteiger partial charge in [0.05, 0.1) is 18.9 Å². The maximum atomic E-state index is 12.9. The van der Waals surface area contributed by atoms with Crippen molar-refractivity contribution in [2.75, 3.05) is 13.2 Å². The Kier molecular flexibility index (Phi) is 5.79. The second kappa shape index (κ2) is 8.43. The first-order valence-electron chi connectivity index (χ1n) is 7.86. The Morgan fingerprint density at radius 2 is 2.08 bits per heavy atom. The summed E-state index contributed by atoms with van der Waals surface area (Å²) in [5.74, 6) is 0.0925. The number of nitrogens with zero attached hydrogens (tertiary/aromatic N) is 2. The summed E-state index contributed by atoms with van der Waals surface area (Å²) in [6.45, 7) is 1.05. The van der Waals surface area contributed by atoms with Crippen molar-refractivity contribution in [2.24, 2.45) is 0 Å². The number of carbonyl (C=O) groups is 1. The van der Waals surface area contributed by atoms with Crippen LogP contribution in [0.15, 0.2) is 53.5 Å². The topological polar surface area (TPSA) is 56.1 Å². The van der Waals surface area contributed by atoms with Crippen LogP contribution in [-0.2, 0) is 17.8 Å². The Labute approximate surface area is 149 Å². The largest absolute Gasteiger partial charge is 0.480 e. The van der Waals surface area contributed by atoms with Gasteiger partial charge in [-0.05, 0) is 46.5 Å². The Balaban J connectivity index is 1.40. The van der Waals surface area contributed by atoms with E-state index in [2.05, 4.69) is 15.8 Å². The van der Waals surface area contributed by atoms with Crippen molar-refractivity contribution in [2.45, 2.75) is 13.0 Å². The molecule has 130 valence electrons. The monoisotopic (exact) mass is 359 g/mol.